The second-order valence-corrected chi connectivity index (χ2v) is 18.5. The van der Waals surface area contributed by atoms with E-state index in [9.17, 15) is 19.0 Å². The number of ether oxygens (including phenoxy) is 2. The second kappa shape index (κ2) is 52.0. The summed E-state index contributed by atoms with van der Waals surface area (Å²) in [6, 6.07) is 0. The third-order valence-electron chi connectivity index (χ3n) is 10.6. The van der Waals surface area contributed by atoms with Crippen LogP contribution < -0.4 is 5.73 Å². The van der Waals surface area contributed by atoms with Crippen molar-refractivity contribution in [2.75, 3.05) is 26.4 Å². The minimum Gasteiger partial charge on any atom is -0.462 e. The summed E-state index contributed by atoms with van der Waals surface area (Å²) in [5, 5.41) is 0. The number of nitrogens with two attached hydrogens (primary N) is 1. The average molecular weight is 954 g/mol. The van der Waals surface area contributed by atoms with Crippen molar-refractivity contribution in [3.63, 3.8) is 0 Å². The molecule has 0 amide bonds. The normalized spacial score (nSPS) is 14.0. The molecule has 9 nitrogen and oxygen atoms in total. The summed E-state index contributed by atoms with van der Waals surface area (Å²) in [5.41, 5.74) is 5.36. The van der Waals surface area contributed by atoms with E-state index in [1.165, 1.54) is 51.4 Å². The molecule has 3 N–H and O–H groups in total. The lowest BCUT2D eigenvalue weighted by atomic mass is 10.0. The Morgan fingerprint density at radius 3 is 1.24 bits per heavy atom. The highest BCUT2D eigenvalue weighted by Gasteiger charge is 2.26. The van der Waals surface area contributed by atoms with Crippen molar-refractivity contribution in [1.82, 2.24) is 0 Å². The summed E-state index contributed by atoms with van der Waals surface area (Å²) in [5.74, 6) is -0.851. The van der Waals surface area contributed by atoms with Crippen LogP contribution in [0.25, 0.3) is 0 Å². The standard InChI is InChI=1S/C57H96NO8P/c1-3-5-7-9-11-13-15-16-17-18-19-20-21-22-23-24-25-26-27-28-29-30-31-32-33-34-35-36-37-38-40-42-44-46-48-50-57(60)66-55(54-65-67(61,62)64-52-51-58)53-63-56(59)49-47-45-43-41-39-14-12-10-8-6-4-2/h5,7,10-13,16-17,19-20,22-23,25-26,28-29,31-32,55H,3-4,6,8-9,14-15,18,21,24,27,30,33-54,58H2,1-2H3,(H,61,62)/b7-5-,12-10-,13-11-,17-16-,20-19-,23-22-,26-25-,29-28-,32-31-. The maximum absolute atomic E-state index is 12.6. The predicted molar refractivity (Wildman–Crippen MR) is 284 cm³/mol. The molecule has 382 valence electrons. The molecule has 0 aromatic heterocycles. The molecule has 2 atom stereocenters. The van der Waals surface area contributed by atoms with Crippen molar-refractivity contribution in [2.24, 2.45) is 5.73 Å². The molecule has 0 aromatic carbocycles. The first-order valence-corrected chi connectivity index (χ1v) is 27.9. The van der Waals surface area contributed by atoms with Crippen molar-refractivity contribution in [2.45, 2.75) is 213 Å². The lowest BCUT2D eigenvalue weighted by Crippen LogP contribution is -2.29. The molecule has 2 unspecified atom stereocenters. The zero-order valence-corrected chi connectivity index (χ0v) is 43.2. The van der Waals surface area contributed by atoms with Gasteiger partial charge in [0.05, 0.1) is 13.2 Å². The van der Waals surface area contributed by atoms with Crippen LogP contribution in [0.5, 0.6) is 0 Å². The molecular formula is C57H96NO8P. The van der Waals surface area contributed by atoms with Gasteiger partial charge < -0.3 is 20.1 Å². The maximum Gasteiger partial charge on any atom is 0.472 e. The minimum absolute atomic E-state index is 0.0469. The summed E-state index contributed by atoms with van der Waals surface area (Å²) in [7, 11) is -4.39. The average Bonchev–Trinajstić information content (AvgIpc) is 3.32. The quantitative estimate of drug-likeness (QED) is 0.0264. The molecule has 0 aliphatic heterocycles. The number of phosphoric acid groups is 1. The Hall–Kier alpha value is -3.33. The van der Waals surface area contributed by atoms with Crippen LogP contribution in [0.1, 0.15) is 206 Å². The lowest BCUT2D eigenvalue weighted by molar-refractivity contribution is -0.161. The number of carbonyl (C=O) groups is 2. The molecule has 0 spiro atoms. The largest absolute Gasteiger partial charge is 0.472 e. The van der Waals surface area contributed by atoms with Gasteiger partial charge in [-0.25, -0.2) is 4.57 Å². The second-order valence-electron chi connectivity index (χ2n) is 17.0. The smallest absolute Gasteiger partial charge is 0.462 e. The third kappa shape index (κ3) is 51.9. The summed E-state index contributed by atoms with van der Waals surface area (Å²) < 4.78 is 32.8. The van der Waals surface area contributed by atoms with Gasteiger partial charge in [0.2, 0.25) is 0 Å². The van der Waals surface area contributed by atoms with Gasteiger partial charge in [-0.1, -0.05) is 207 Å². The number of rotatable bonds is 48. The maximum atomic E-state index is 12.6. The number of hydrogen-bond acceptors (Lipinski definition) is 8. The number of hydrogen-bond donors (Lipinski definition) is 2. The van der Waals surface area contributed by atoms with Crippen molar-refractivity contribution < 1.29 is 37.6 Å². The summed E-state index contributed by atoms with van der Waals surface area (Å²) in [6.45, 7) is 3.55. The Kier molecular flexibility index (Phi) is 49.5. The molecule has 0 saturated carbocycles. The van der Waals surface area contributed by atoms with Gasteiger partial charge >= 0.3 is 19.8 Å². The van der Waals surface area contributed by atoms with E-state index in [1.807, 2.05) is 0 Å². The molecule has 0 fully saturated rings. The highest BCUT2D eigenvalue weighted by molar-refractivity contribution is 7.47. The van der Waals surface area contributed by atoms with Gasteiger partial charge in [0, 0.05) is 19.4 Å². The van der Waals surface area contributed by atoms with Gasteiger partial charge in [-0.3, -0.25) is 18.6 Å². The lowest BCUT2D eigenvalue weighted by Gasteiger charge is -2.19. The van der Waals surface area contributed by atoms with E-state index in [0.717, 1.165) is 122 Å². The van der Waals surface area contributed by atoms with E-state index in [1.54, 1.807) is 0 Å². The van der Waals surface area contributed by atoms with Crippen LogP contribution in [-0.2, 0) is 32.7 Å². The highest BCUT2D eigenvalue weighted by Crippen LogP contribution is 2.43. The Bertz CT molecular complexity index is 1460. The van der Waals surface area contributed by atoms with Crippen LogP contribution >= 0.6 is 7.82 Å². The van der Waals surface area contributed by atoms with E-state index in [0.29, 0.717) is 6.42 Å². The first-order chi connectivity index (χ1) is 32.8. The number of esters is 2. The van der Waals surface area contributed by atoms with E-state index >= 15 is 0 Å². The first kappa shape index (κ1) is 63.7. The molecule has 67 heavy (non-hydrogen) atoms. The minimum atomic E-state index is -4.39. The molecule has 0 radical (unpaired) electrons. The zero-order chi connectivity index (χ0) is 48.8. The molecule has 0 saturated heterocycles. The zero-order valence-electron chi connectivity index (χ0n) is 42.3. The molecule has 0 aliphatic rings. The monoisotopic (exact) mass is 954 g/mol. The summed E-state index contributed by atoms with van der Waals surface area (Å²) in [4.78, 5) is 34.9. The Morgan fingerprint density at radius 1 is 0.463 bits per heavy atom. The van der Waals surface area contributed by atoms with E-state index in [4.69, 9.17) is 24.3 Å². The van der Waals surface area contributed by atoms with E-state index in [-0.39, 0.29) is 32.6 Å². The van der Waals surface area contributed by atoms with Crippen molar-refractivity contribution in [1.29, 1.82) is 0 Å². The SMILES string of the molecule is CC/C=C\C/C=C\C/C=C\C/C=C\C/C=C\C/C=C\C/C=C\C/C=C\CCCCCCCCCCCCC(=O)OC(COC(=O)CCCCCCC/C=C\CCCC)COP(=O)(O)OCCN. The third-order valence-corrected chi connectivity index (χ3v) is 11.6. The van der Waals surface area contributed by atoms with Crippen LogP contribution in [-0.4, -0.2) is 49.3 Å². The van der Waals surface area contributed by atoms with Gasteiger partial charge in [0.1, 0.15) is 6.61 Å². The predicted octanol–water partition coefficient (Wildman–Crippen LogP) is 16.3. The fraction of sp³-hybridized carbons (Fsp3) is 0.649. The van der Waals surface area contributed by atoms with Crippen LogP contribution in [0.4, 0.5) is 0 Å². The fourth-order valence-electron chi connectivity index (χ4n) is 6.75. The van der Waals surface area contributed by atoms with Gasteiger partial charge in [0.25, 0.3) is 0 Å². The summed E-state index contributed by atoms with van der Waals surface area (Å²) >= 11 is 0. The number of phosphoric ester groups is 1. The summed E-state index contributed by atoms with van der Waals surface area (Å²) in [6.07, 6.45) is 70.0. The Balaban J connectivity index is 3.97. The molecule has 0 rings (SSSR count). The molecule has 0 aliphatic carbocycles. The Morgan fingerprint density at radius 2 is 0.821 bits per heavy atom. The van der Waals surface area contributed by atoms with Gasteiger partial charge in [0.15, 0.2) is 6.10 Å². The first-order valence-electron chi connectivity index (χ1n) is 26.4. The van der Waals surface area contributed by atoms with E-state index in [2.05, 4.69) is 123 Å². The number of carbonyl (C=O) groups excluding carboxylic acids is 2. The molecule has 0 bridgehead atoms. The van der Waals surface area contributed by atoms with Crippen LogP contribution in [0.3, 0.4) is 0 Å². The van der Waals surface area contributed by atoms with Crippen molar-refractivity contribution in [3.05, 3.63) is 109 Å². The molecule has 0 heterocycles. The molecular weight excluding hydrogens is 858 g/mol. The van der Waals surface area contributed by atoms with E-state index < -0.39 is 32.5 Å². The van der Waals surface area contributed by atoms with Gasteiger partial charge in [-0.2, -0.15) is 0 Å². The highest BCUT2D eigenvalue weighted by atomic mass is 31.2. The topological polar surface area (TPSA) is 134 Å². The number of allylic oxidation sites excluding steroid dienone is 18. The molecule has 10 heteroatoms. The van der Waals surface area contributed by atoms with Crippen molar-refractivity contribution in [3.8, 4) is 0 Å². The van der Waals surface area contributed by atoms with Gasteiger partial charge in [-0.15, -0.1) is 0 Å². The molecule has 0 aromatic rings. The number of unbranched alkanes of at least 4 members (excludes halogenated alkanes) is 17. The van der Waals surface area contributed by atoms with Gasteiger partial charge in [-0.05, 0) is 96.3 Å². The Labute approximate surface area is 409 Å². The van der Waals surface area contributed by atoms with Crippen molar-refractivity contribution >= 4 is 19.8 Å². The van der Waals surface area contributed by atoms with Crippen LogP contribution in [0.15, 0.2) is 109 Å². The fourth-order valence-corrected chi connectivity index (χ4v) is 7.51. The van der Waals surface area contributed by atoms with Crippen LogP contribution in [0.2, 0.25) is 0 Å². The van der Waals surface area contributed by atoms with Crippen LogP contribution in [0, 0.1) is 0 Å².